The molecule has 0 N–H and O–H groups in total. The average molecular weight is 405 g/mol. The molecule has 0 bridgehead atoms. The van der Waals surface area contributed by atoms with Gasteiger partial charge >= 0.3 is 0 Å². The van der Waals surface area contributed by atoms with E-state index in [1.54, 1.807) is 0 Å². The third kappa shape index (κ3) is 4.40. The Bertz CT molecular complexity index is 779. The number of hydrogen-bond donors (Lipinski definition) is 0. The highest BCUT2D eigenvalue weighted by Gasteiger charge is 2.24. The summed E-state index contributed by atoms with van der Waals surface area (Å²) in [5.74, 6) is 2.63. The molecular formula is C20H28N4OS2. The van der Waals surface area contributed by atoms with Crippen LogP contribution in [0.5, 0.6) is 0 Å². The van der Waals surface area contributed by atoms with Crippen LogP contribution in [-0.2, 0) is 11.8 Å². The highest BCUT2D eigenvalue weighted by molar-refractivity contribution is 8.77. The largest absolute Gasteiger partial charge is 0.339 e. The van der Waals surface area contributed by atoms with Crippen LogP contribution in [-0.4, -0.2) is 57.5 Å². The molecule has 4 rings (SSSR count). The maximum absolute atomic E-state index is 12.5. The van der Waals surface area contributed by atoms with Gasteiger partial charge in [-0.3, -0.25) is 4.79 Å². The van der Waals surface area contributed by atoms with Gasteiger partial charge < -0.3 is 14.4 Å². The van der Waals surface area contributed by atoms with Crippen molar-refractivity contribution in [2.24, 2.45) is 7.05 Å². The monoisotopic (exact) mass is 404 g/mol. The van der Waals surface area contributed by atoms with Crippen molar-refractivity contribution in [1.82, 2.24) is 14.5 Å². The molecule has 146 valence electrons. The van der Waals surface area contributed by atoms with Gasteiger partial charge in [-0.25, -0.2) is 4.98 Å². The molecule has 3 heterocycles. The van der Waals surface area contributed by atoms with Gasteiger partial charge in [-0.2, -0.15) is 0 Å². The zero-order valence-corrected chi connectivity index (χ0v) is 17.6. The van der Waals surface area contributed by atoms with E-state index in [1.807, 2.05) is 32.6 Å². The molecule has 0 spiro atoms. The van der Waals surface area contributed by atoms with Gasteiger partial charge in [0.25, 0.3) is 0 Å². The first-order chi connectivity index (χ1) is 13.2. The lowest BCUT2D eigenvalue weighted by Crippen LogP contribution is -2.49. The van der Waals surface area contributed by atoms with Crippen molar-refractivity contribution >= 4 is 44.5 Å². The third-order valence-corrected chi connectivity index (χ3v) is 8.58. The molecule has 1 amide bonds. The van der Waals surface area contributed by atoms with E-state index in [0.717, 1.165) is 54.8 Å². The number of hydrogen-bond acceptors (Lipinski definition) is 5. The summed E-state index contributed by atoms with van der Waals surface area (Å²) >= 11 is 0. The van der Waals surface area contributed by atoms with Crippen LogP contribution in [0, 0.1) is 0 Å². The first kappa shape index (κ1) is 19.0. The smallest absolute Gasteiger partial charge is 0.222 e. The van der Waals surface area contributed by atoms with Crippen molar-refractivity contribution in [3.63, 3.8) is 0 Å². The fourth-order valence-corrected chi connectivity index (χ4v) is 6.97. The van der Waals surface area contributed by atoms with E-state index in [0.29, 0.717) is 12.3 Å². The van der Waals surface area contributed by atoms with E-state index < -0.39 is 0 Å². The Kier molecular flexibility index (Phi) is 6.18. The summed E-state index contributed by atoms with van der Waals surface area (Å²) in [6.07, 6.45) is 5.53. The van der Waals surface area contributed by atoms with E-state index >= 15 is 0 Å². The number of aryl methyl sites for hydroxylation is 1. The molecule has 1 atom stereocenters. The van der Waals surface area contributed by atoms with E-state index in [1.165, 1.54) is 25.0 Å². The van der Waals surface area contributed by atoms with Gasteiger partial charge in [-0.1, -0.05) is 40.1 Å². The Balaban J connectivity index is 1.24. The zero-order chi connectivity index (χ0) is 18.6. The minimum atomic E-state index is 0.327. The van der Waals surface area contributed by atoms with Gasteiger partial charge in [0, 0.05) is 50.7 Å². The number of aromatic nitrogens is 2. The highest BCUT2D eigenvalue weighted by atomic mass is 33.1. The molecule has 1 unspecified atom stereocenters. The first-order valence-corrected chi connectivity index (χ1v) is 12.3. The Morgan fingerprint density at radius 2 is 2.00 bits per heavy atom. The second-order valence-corrected chi connectivity index (χ2v) is 10.2. The van der Waals surface area contributed by atoms with Crippen LogP contribution in [0.25, 0.3) is 11.0 Å². The number of para-hydroxylation sites is 2. The molecule has 1 aromatic carbocycles. The van der Waals surface area contributed by atoms with Crippen molar-refractivity contribution in [1.29, 1.82) is 0 Å². The molecule has 2 saturated heterocycles. The van der Waals surface area contributed by atoms with Gasteiger partial charge in [0.05, 0.1) is 11.0 Å². The molecule has 2 fully saturated rings. The highest BCUT2D eigenvalue weighted by Crippen LogP contribution is 2.39. The number of fused-ring (bicyclic) bond motifs is 1. The Hall–Kier alpha value is -1.34. The maximum Gasteiger partial charge on any atom is 0.222 e. The van der Waals surface area contributed by atoms with Crippen LogP contribution in [0.15, 0.2) is 24.3 Å². The summed E-state index contributed by atoms with van der Waals surface area (Å²) in [5.41, 5.74) is 2.19. The molecule has 5 nitrogen and oxygen atoms in total. The van der Waals surface area contributed by atoms with Crippen molar-refractivity contribution in [2.75, 3.05) is 36.8 Å². The van der Waals surface area contributed by atoms with Gasteiger partial charge in [-0.15, -0.1) is 0 Å². The van der Waals surface area contributed by atoms with Crippen LogP contribution in [0.4, 0.5) is 5.95 Å². The normalized spacial score (nSPS) is 20.6. The van der Waals surface area contributed by atoms with Crippen LogP contribution in [0.3, 0.4) is 0 Å². The van der Waals surface area contributed by atoms with Crippen molar-refractivity contribution in [2.45, 2.75) is 37.4 Å². The molecule has 2 aliphatic rings. The summed E-state index contributed by atoms with van der Waals surface area (Å²) in [6, 6.07) is 8.24. The van der Waals surface area contributed by atoms with Crippen LogP contribution < -0.4 is 4.90 Å². The number of piperazine rings is 1. The minimum absolute atomic E-state index is 0.327. The molecule has 2 aromatic rings. The predicted octanol–water partition coefficient (Wildman–Crippen LogP) is 3.94. The lowest BCUT2D eigenvalue weighted by Gasteiger charge is -2.35. The number of rotatable bonds is 6. The average Bonchev–Trinajstić information content (AvgIpc) is 3.34. The Morgan fingerprint density at radius 3 is 2.74 bits per heavy atom. The molecule has 0 aliphatic carbocycles. The van der Waals surface area contributed by atoms with Crippen molar-refractivity contribution in [3.8, 4) is 0 Å². The second kappa shape index (κ2) is 8.78. The number of amides is 1. The number of imidazole rings is 1. The number of nitrogens with zero attached hydrogens (tertiary/aromatic N) is 4. The lowest BCUT2D eigenvalue weighted by molar-refractivity contribution is -0.131. The van der Waals surface area contributed by atoms with Crippen molar-refractivity contribution in [3.05, 3.63) is 24.3 Å². The molecular weight excluding hydrogens is 376 g/mol. The number of carbonyl (C=O) groups is 1. The number of anilines is 1. The van der Waals surface area contributed by atoms with E-state index in [2.05, 4.69) is 34.7 Å². The number of unbranched alkanes of at least 4 members (excludes halogenated alkanes) is 1. The zero-order valence-electron chi connectivity index (χ0n) is 16.0. The van der Waals surface area contributed by atoms with E-state index in [4.69, 9.17) is 4.98 Å². The fraction of sp³-hybridized carbons (Fsp3) is 0.600. The Labute approximate surface area is 169 Å². The van der Waals surface area contributed by atoms with E-state index in [9.17, 15) is 4.79 Å². The summed E-state index contributed by atoms with van der Waals surface area (Å²) in [7, 11) is 6.11. The lowest BCUT2D eigenvalue weighted by atomic mass is 10.1. The van der Waals surface area contributed by atoms with Crippen LogP contribution in [0.2, 0.25) is 0 Å². The number of carbonyl (C=O) groups excluding carboxylic acids is 1. The predicted molar refractivity (Wildman–Crippen MR) is 116 cm³/mol. The van der Waals surface area contributed by atoms with E-state index in [-0.39, 0.29) is 0 Å². The molecule has 1 aromatic heterocycles. The molecule has 7 heteroatoms. The fourth-order valence-electron chi connectivity index (χ4n) is 3.94. The molecule has 27 heavy (non-hydrogen) atoms. The quantitative estimate of drug-likeness (QED) is 0.539. The minimum Gasteiger partial charge on any atom is -0.339 e. The van der Waals surface area contributed by atoms with Crippen LogP contribution in [0.1, 0.15) is 32.1 Å². The topological polar surface area (TPSA) is 41.4 Å². The first-order valence-electron chi connectivity index (χ1n) is 9.95. The number of benzene rings is 1. The summed E-state index contributed by atoms with van der Waals surface area (Å²) < 4.78 is 2.16. The van der Waals surface area contributed by atoms with Gasteiger partial charge in [0.2, 0.25) is 11.9 Å². The standard InChI is InChI=1S/C20H28N4OS2/c1-22-18-8-4-3-7-17(18)21-20(22)24-13-11-23(12-14-24)19(25)9-5-2-6-16-10-15-26-27-16/h3-4,7-8,16H,2,5-6,9-15H2,1H3. The van der Waals surface area contributed by atoms with Crippen LogP contribution >= 0.6 is 21.6 Å². The van der Waals surface area contributed by atoms with Gasteiger partial charge in [0.15, 0.2) is 0 Å². The van der Waals surface area contributed by atoms with Crippen molar-refractivity contribution < 1.29 is 4.79 Å². The second-order valence-electron chi connectivity index (χ2n) is 7.40. The SMILES string of the molecule is Cn1c(N2CCN(C(=O)CCCCC3CCSS3)CC2)nc2ccccc21. The van der Waals surface area contributed by atoms with Gasteiger partial charge in [-0.05, 0) is 31.4 Å². The summed E-state index contributed by atoms with van der Waals surface area (Å²) in [5, 5.41) is 0.821. The van der Waals surface area contributed by atoms with Gasteiger partial charge in [0.1, 0.15) is 0 Å². The summed E-state index contributed by atoms with van der Waals surface area (Å²) in [4.78, 5) is 21.7. The third-order valence-electron chi connectivity index (χ3n) is 5.57. The molecule has 0 saturated carbocycles. The molecule has 2 aliphatic heterocycles. The maximum atomic E-state index is 12.5. The molecule has 0 radical (unpaired) electrons. The Morgan fingerprint density at radius 1 is 1.19 bits per heavy atom. The summed E-state index contributed by atoms with van der Waals surface area (Å²) in [6.45, 7) is 3.33.